The largest absolute Gasteiger partial charge is 0.311 e. The highest BCUT2D eigenvalue weighted by Gasteiger charge is 1.98. The van der Waals surface area contributed by atoms with E-state index in [-0.39, 0.29) is 0 Å². The molecule has 0 bridgehead atoms. The summed E-state index contributed by atoms with van der Waals surface area (Å²) in [5.74, 6) is 0. The summed E-state index contributed by atoms with van der Waals surface area (Å²) in [6, 6.07) is 18.3. The molecule has 2 aromatic carbocycles. The van der Waals surface area contributed by atoms with E-state index in [1.54, 1.807) is 0 Å². The maximum absolute atomic E-state index is 3.55. The first-order valence-electron chi connectivity index (χ1n) is 12.4. The van der Waals surface area contributed by atoms with Crippen molar-refractivity contribution in [3.63, 3.8) is 0 Å². The zero-order valence-corrected chi connectivity index (χ0v) is 19.5. The highest BCUT2D eigenvalue weighted by molar-refractivity contribution is 5.23. The van der Waals surface area contributed by atoms with Crippen molar-refractivity contribution in [2.24, 2.45) is 0 Å². The van der Waals surface area contributed by atoms with Crippen LogP contribution in [0.1, 0.15) is 87.5 Å². The summed E-state index contributed by atoms with van der Waals surface area (Å²) in [6.45, 7) is 8.42. The minimum atomic E-state index is 0.949. The fourth-order valence-corrected chi connectivity index (χ4v) is 3.80. The van der Waals surface area contributed by atoms with E-state index < -0.39 is 0 Å². The van der Waals surface area contributed by atoms with Crippen LogP contribution in [0.4, 0.5) is 0 Å². The lowest BCUT2D eigenvalue weighted by molar-refractivity contribution is 0.610. The summed E-state index contributed by atoms with van der Waals surface area (Å²) in [7, 11) is 0. The van der Waals surface area contributed by atoms with Crippen molar-refractivity contribution < 1.29 is 0 Å². The summed E-state index contributed by atoms with van der Waals surface area (Å²) in [5, 5.41) is 7.09. The molecule has 0 atom stereocenters. The average Bonchev–Trinajstić information content (AvgIpc) is 2.78. The van der Waals surface area contributed by atoms with Crippen molar-refractivity contribution in [1.82, 2.24) is 10.6 Å². The van der Waals surface area contributed by atoms with Crippen LogP contribution >= 0.6 is 0 Å². The monoisotopic (exact) mass is 408 g/mol. The zero-order chi connectivity index (χ0) is 21.3. The first kappa shape index (κ1) is 24.6. The third-order valence-corrected chi connectivity index (χ3v) is 5.82. The molecule has 0 saturated heterocycles. The molecule has 0 heterocycles. The second-order valence-corrected chi connectivity index (χ2v) is 8.61. The average molecular weight is 409 g/mol. The van der Waals surface area contributed by atoms with Gasteiger partial charge in [0.1, 0.15) is 0 Å². The Kier molecular flexibility index (Phi) is 13.2. The molecule has 0 amide bonds. The number of nitrogens with one attached hydrogen (secondary N) is 2. The van der Waals surface area contributed by atoms with E-state index in [0.717, 1.165) is 26.2 Å². The van der Waals surface area contributed by atoms with Crippen LogP contribution in [0.3, 0.4) is 0 Å². The Hall–Kier alpha value is -1.64. The van der Waals surface area contributed by atoms with E-state index in [0.29, 0.717) is 0 Å². The molecule has 2 nitrogen and oxygen atoms in total. The molecular formula is C28H44N2. The minimum Gasteiger partial charge on any atom is -0.311 e. The van der Waals surface area contributed by atoms with Crippen molar-refractivity contribution in [3.05, 3.63) is 70.8 Å². The van der Waals surface area contributed by atoms with E-state index in [2.05, 4.69) is 73.0 Å². The number of rotatable bonds is 17. The Labute approximate surface area is 185 Å². The quantitative estimate of drug-likeness (QED) is 0.281. The second-order valence-electron chi connectivity index (χ2n) is 8.61. The Bertz CT molecular complexity index is 586. The van der Waals surface area contributed by atoms with E-state index >= 15 is 0 Å². The standard InChI is InChI=1S/C28H44N2/c1-3-5-7-9-11-25-13-17-27(18-14-25)23-29-21-22-30-24-28-19-15-26(16-20-28)12-10-8-6-4-2/h13-20,29-30H,3-12,21-24H2,1-2H3. The van der Waals surface area contributed by atoms with E-state index in [9.17, 15) is 0 Å². The van der Waals surface area contributed by atoms with Crippen LogP contribution < -0.4 is 10.6 Å². The van der Waals surface area contributed by atoms with Gasteiger partial charge >= 0.3 is 0 Å². The smallest absolute Gasteiger partial charge is 0.0206 e. The van der Waals surface area contributed by atoms with Gasteiger partial charge in [-0.15, -0.1) is 0 Å². The SMILES string of the molecule is CCCCCCc1ccc(CNCCNCc2ccc(CCCCCC)cc2)cc1. The molecule has 0 aliphatic rings. The minimum absolute atomic E-state index is 0.949. The van der Waals surface area contributed by atoms with Gasteiger partial charge in [0.05, 0.1) is 0 Å². The van der Waals surface area contributed by atoms with Crippen LogP contribution in [-0.2, 0) is 25.9 Å². The van der Waals surface area contributed by atoms with Crippen molar-refractivity contribution >= 4 is 0 Å². The third kappa shape index (κ3) is 10.9. The van der Waals surface area contributed by atoms with Crippen molar-refractivity contribution in [3.8, 4) is 0 Å². The molecule has 166 valence electrons. The maximum atomic E-state index is 3.55. The van der Waals surface area contributed by atoms with Crippen LogP contribution in [0.5, 0.6) is 0 Å². The summed E-state index contributed by atoms with van der Waals surface area (Å²) >= 11 is 0. The lowest BCUT2D eigenvalue weighted by Crippen LogP contribution is -2.26. The number of unbranched alkanes of at least 4 members (excludes halogenated alkanes) is 6. The molecule has 0 aliphatic heterocycles. The van der Waals surface area contributed by atoms with Gasteiger partial charge in [-0.05, 0) is 47.9 Å². The van der Waals surface area contributed by atoms with Gasteiger partial charge in [-0.3, -0.25) is 0 Å². The van der Waals surface area contributed by atoms with Crippen molar-refractivity contribution in [2.45, 2.75) is 91.1 Å². The van der Waals surface area contributed by atoms with E-state index in [1.165, 1.54) is 86.5 Å². The molecule has 30 heavy (non-hydrogen) atoms. The maximum Gasteiger partial charge on any atom is 0.0206 e. The predicted molar refractivity (Wildman–Crippen MR) is 132 cm³/mol. The summed E-state index contributed by atoms with van der Waals surface area (Å²) in [6.07, 6.45) is 13.1. The summed E-state index contributed by atoms with van der Waals surface area (Å²) < 4.78 is 0. The first-order chi connectivity index (χ1) is 14.8. The number of benzene rings is 2. The van der Waals surface area contributed by atoms with Gasteiger partial charge in [0.25, 0.3) is 0 Å². The Morgan fingerprint density at radius 2 is 0.833 bits per heavy atom. The normalized spacial score (nSPS) is 11.1. The molecule has 0 saturated carbocycles. The Morgan fingerprint density at radius 3 is 1.20 bits per heavy atom. The zero-order valence-electron chi connectivity index (χ0n) is 19.5. The molecule has 0 radical (unpaired) electrons. The van der Waals surface area contributed by atoms with Crippen LogP contribution in [-0.4, -0.2) is 13.1 Å². The second kappa shape index (κ2) is 16.1. The van der Waals surface area contributed by atoms with Crippen molar-refractivity contribution in [2.75, 3.05) is 13.1 Å². The molecule has 0 spiro atoms. The van der Waals surface area contributed by atoms with Gasteiger partial charge < -0.3 is 10.6 Å². The first-order valence-corrected chi connectivity index (χ1v) is 12.4. The van der Waals surface area contributed by atoms with Crippen LogP contribution in [0, 0.1) is 0 Å². The summed E-state index contributed by atoms with van der Waals surface area (Å²) in [5.41, 5.74) is 5.70. The van der Waals surface area contributed by atoms with E-state index in [4.69, 9.17) is 0 Å². The molecular weight excluding hydrogens is 364 g/mol. The van der Waals surface area contributed by atoms with Gasteiger partial charge in [-0.2, -0.15) is 0 Å². The number of aryl methyl sites for hydroxylation is 2. The lowest BCUT2D eigenvalue weighted by atomic mass is 10.0. The fourth-order valence-electron chi connectivity index (χ4n) is 3.80. The van der Waals surface area contributed by atoms with Gasteiger partial charge in [0.2, 0.25) is 0 Å². The molecule has 0 aliphatic carbocycles. The van der Waals surface area contributed by atoms with Gasteiger partial charge in [0.15, 0.2) is 0 Å². The predicted octanol–water partition coefficient (Wildman–Crippen LogP) is 6.81. The fraction of sp³-hybridized carbons (Fsp3) is 0.571. The molecule has 0 unspecified atom stereocenters. The van der Waals surface area contributed by atoms with Gasteiger partial charge in [-0.1, -0.05) is 101 Å². The number of hydrogen-bond acceptors (Lipinski definition) is 2. The topological polar surface area (TPSA) is 24.1 Å². The molecule has 2 aromatic rings. The Balaban J connectivity index is 1.52. The van der Waals surface area contributed by atoms with Crippen molar-refractivity contribution in [1.29, 1.82) is 0 Å². The molecule has 0 aromatic heterocycles. The number of hydrogen-bond donors (Lipinski definition) is 2. The highest BCUT2D eigenvalue weighted by atomic mass is 14.9. The highest BCUT2D eigenvalue weighted by Crippen LogP contribution is 2.11. The Morgan fingerprint density at radius 1 is 0.467 bits per heavy atom. The summed E-state index contributed by atoms with van der Waals surface area (Å²) in [4.78, 5) is 0. The molecule has 0 fully saturated rings. The van der Waals surface area contributed by atoms with Crippen LogP contribution in [0.2, 0.25) is 0 Å². The van der Waals surface area contributed by atoms with E-state index in [1.807, 2.05) is 0 Å². The molecule has 2 rings (SSSR count). The molecule has 2 heteroatoms. The lowest BCUT2D eigenvalue weighted by Gasteiger charge is -2.09. The molecule has 2 N–H and O–H groups in total. The third-order valence-electron chi connectivity index (χ3n) is 5.82. The van der Waals surface area contributed by atoms with Gasteiger partial charge in [-0.25, -0.2) is 0 Å². The van der Waals surface area contributed by atoms with Gasteiger partial charge in [0, 0.05) is 26.2 Å². The van der Waals surface area contributed by atoms with Crippen LogP contribution in [0.25, 0.3) is 0 Å². The van der Waals surface area contributed by atoms with Crippen LogP contribution in [0.15, 0.2) is 48.5 Å².